The Bertz CT molecular complexity index is 671. The van der Waals surface area contributed by atoms with Gasteiger partial charge in [0.1, 0.15) is 0 Å². The first-order valence-corrected chi connectivity index (χ1v) is 7.35. The number of urea groups is 1. The number of nitrogens with zero attached hydrogens (tertiary/aromatic N) is 1. The van der Waals surface area contributed by atoms with Crippen LogP contribution in [0.25, 0.3) is 0 Å². The maximum absolute atomic E-state index is 12.3. The van der Waals surface area contributed by atoms with E-state index < -0.39 is 5.97 Å². The number of para-hydroxylation sites is 1. The van der Waals surface area contributed by atoms with Gasteiger partial charge < -0.3 is 15.0 Å². The van der Waals surface area contributed by atoms with Crippen molar-refractivity contribution in [2.75, 3.05) is 26.0 Å². The second-order valence-electron chi connectivity index (χ2n) is 5.12. The molecule has 0 spiro atoms. The molecule has 0 unspecified atom stereocenters. The average molecular weight is 312 g/mol. The predicted molar refractivity (Wildman–Crippen MR) is 89.6 cm³/mol. The summed E-state index contributed by atoms with van der Waals surface area (Å²) in [6.07, 6.45) is 0.767. The Hall–Kier alpha value is -2.82. The number of ether oxygens (including phenoxy) is 1. The number of nitrogens with one attached hydrogen (secondary N) is 1. The Balaban J connectivity index is 1.97. The molecule has 2 aromatic rings. The van der Waals surface area contributed by atoms with E-state index in [0.717, 1.165) is 6.42 Å². The lowest BCUT2D eigenvalue weighted by atomic mass is 10.1. The van der Waals surface area contributed by atoms with E-state index >= 15 is 0 Å². The van der Waals surface area contributed by atoms with Gasteiger partial charge in [0, 0.05) is 13.6 Å². The van der Waals surface area contributed by atoms with E-state index in [1.165, 1.54) is 12.7 Å². The Morgan fingerprint density at radius 1 is 1.04 bits per heavy atom. The number of carbonyl (C=O) groups excluding carboxylic acids is 2. The number of methoxy groups -OCH3 is 1. The number of hydrogen-bond donors (Lipinski definition) is 1. The summed E-state index contributed by atoms with van der Waals surface area (Å²) in [5, 5.41) is 2.75. The van der Waals surface area contributed by atoms with Crippen molar-refractivity contribution in [3.8, 4) is 0 Å². The topological polar surface area (TPSA) is 58.6 Å². The summed E-state index contributed by atoms with van der Waals surface area (Å²) in [4.78, 5) is 25.6. The monoisotopic (exact) mass is 312 g/mol. The fraction of sp³-hybridized carbons (Fsp3) is 0.222. The highest BCUT2D eigenvalue weighted by molar-refractivity contribution is 6.00. The third-order valence-electron chi connectivity index (χ3n) is 3.50. The first kappa shape index (κ1) is 16.5. The zero-order chi connectivity index (χ0) is 16.7. The molecule has 0 heterocycles. The Kier molecular flexibility index (Phi) is 5.74. The third-order valence-corrected chi connectivity index (χ3v) is 3.50. The molecule has 0 atom stereocenters. The SMILES string of the molecule is COC(=O)c1ccccc1NC(=O)N(C)CCc1ccccc1. The molecule has 0 aromatic heterocycles. The highest BCUT2D eigenvalue weighted by Gasteiger charge is 2.15. The van der Waals surface area contributed by atoms with Gasteiger partial charge in [0.25, 0.3) is 0 Å². The molecule has 23 heavy (non-hydrogen) atoms. The van der Waals surface area contributed by atoms with Crippen LogP contribution in [0.4, 0.5) is 10.5 Å². The molecular weight excluding hydrogens is 292 g/mol. The number of anilines is 1. The molecule has 5 heteroatoms. The minimum atomic E-state index is -0.479. The van der Waals surface area contributed by atoms with Gasteiger partial charge in [0.05, 0.1) is 18.4 Å². The smallest absolute Gasteiger partial charge is 0.339 e. The Morgan fingerprint density at radius 2 is 1.70 bits per heavy atom. The highest BCUT2D eigenvalue weighted by atomic mass is 16.5. The van der Waals surface area contributed by atoms with Crippen molar-refractivity contribution in [3.05, 3.63) is 65.7 Å². The molecule has 0 aliphatic heterocycles. The number of hydrogen-bond acceptors (Lipinski definition) is 3. The first-order chi connectivity index (χ1) is 11.1. The molecule has 0 saturated carbocycles. The molecule has 120 valence electrons. The standard InChI is InChI=1S/C18H20N2O3/c1-20(13-12-14-8-4-3-5-9-14)18(22)19-16-11-7-6-10-15(16)17(21)23-2/h3-11H,12-13H2,1-2H3,(H,19,22). The van der Waals surface area contributed by atoms with Crippen LogP contribution in [0.1, 0.15) is 15.9 Å². The van der Waals surface area contributed by atoms with Gasteiger partial charge in [-0.05, 0) is 24.1 Å². The first-order valence-electron chi connectivity index (χ1n) is 7.35. The number of benzene rings is 2. The van der Waals surface area contributed by atoms with Gasteiger partial charge in [-0.15, -0.1) is 0 Å². The summed E-state index contributed by atoms with van der Waals surface area (Å²) >= 11 is 0. The maximum atomic E-state index is 12.3. The molecular formula is C18H20N2O3. The fourth-order valence-corrected chi connectivity index (χ4v) is 2.13. The normalized spacial score (nSPS) is 10.0. The highest BCUT2D eigenvalue weighted by Crippen LogP contribution is 2.16. The van der Waals surface area contributed by atoms with Crippen LogP contribution in [0.3, 0.4) is 0 Å². The van der Waals surface area contributed by atoms with Crippen LogP contribution in [0.5, 0.6) is 0 Å². The zero-order valence-electron chi connectivity index (χ0n) is 13.3. The van der Waals surface area contributed by atoms with Gasteiger partial charge in [-0.2, -0.15) is 0 Å². The van der Waals surface area contributed by atoms with E-state index in [4.69, 9.17) is 4.74 Å². The largest absolute Gasteiger partial charge is 0.465 e. The van der Waals surface area contributed by atoms with E-state index in [0.29, 0.717) is 17.8 Å². The summed E-state index contributed by atoms with van der Waals surface area (Å²) in [5.41, 5.74) is 1.94. The van der Waals surface area contributed by atoms with Crippen LogP contribution in [-0.4, -0.2) is 37.6 Å². The molecule has 0 saturated heterocycles. The van der Waals surface area contributed by atoms with E-state index in [-0.39, 0.29) is 6.03 Å². The van der Waals surface area contributed by atoms with Crippen molar-refractivity contribution in [3.63, 3.8) is 0 Å². The summed E-state index contributed by atoms with van der Waals surface area (Å²) in [6, 6.07) is 16.5. The van der Waals surface area contributed by atoms with Crippen molar-refractivity contribution < 1.29 is 14.3 Å². The molecule has 0 radical (unpaired) electrons. The van der Waals surface area contributed by atoms with Gasteiger partial charge in [-0.1, -0.05) is 42.5 Å². The molecule has 2 amide bonds. The number of amides is 2. The van der Waals surface area contributed by atoms with Crippen LogP contribution in [-0.2, 0) is 11.2 Å². The molecule has 2 aromatic carbocycles. The lowest BCUT2D eigenvalue weighted by Gasteiger charge is -2.19. The molecule has 0 aliphatic rings. The summed E-state index contributed by atoms with van der Waals surface area (Å²) in [7, 11) is 3.03. The number of esters is 1. The lowest BCUT2D eigenvalue weighted by Crippen LogP contribution is -2.33. The van der Waals surface area contributed by atoms with Gasteiger partial charge in [-0.25, -0.2) is 9.59 Å². The van der Waals surface area contributed by atoms with E-state index in [1.54, 1.807) is 36.2 Å². The van der Waals surface area contributed by atoms with Crippen LogP contribution in [0.2, 0.25) is 0 Å². The summed E-state index contributed by atoms with van der Waals surface area (Å²) < 4.78 is 4.72. The Morgan fingerprint density at radius 3 is 2.39 bits per heavy atom. The van der Waals surface area contributed by atoms with E-state index in [1.807, 2.05) is 30.3 Å². The van der Waals surface area contributed by atoms with Crippen LogP contribution in [0, 0.1) is 0 Å². The second kappa shape index (κ2) is 7.98. The van der Waals surface area contributed by atoms with Crippen LogP contribution in [0.15, 0.2) is 54.6 Å². The van der Waals surface area contributed by atoms with Crippen LogP contribution >= 0.6 is 0 Å². The predicted octanol–water partition coefficient (Wildman–Crippen LogP) is 3.18. The minimum Gasteiger partial charge on any atom is -0.465 e. The summed E-state index contributed by atoms with van der Waals surface area (Å²) in [5.74, 6) is -0.479. The average Bonchev–Trinajstić information content (AvgIpc) is 2.60. The molecule has 5 nitrogen and oxygen atoms in total. The zero-order valence-corrected chi connectivity index (χ0v) is 13.3. The van der Waals surface area contributed by atoms with Crippen molar-refractivity contribution in [1.29, 1.82) is 0 Å². The van der Waals surface area contributed by atoms with Crippen LogP contribution < -0.4 is 5.32 Å². The van der Waals surface area contributed by atoms with Gasteiger partial charge in [-0.3, -0.25) is 0 Å². The van der Waals surface area contributed by atoms with Crippen molar-refractivity contribution in [2.45, 2.75) is 6.42 Å². The maximum Gasteiger partial charge on any atom is 0.339 e. The molecule has 2 rings (SSSR count). The summed E-state index contributed by atoms with van der Waals surface area (Å²) in [6.45, 7) is 0.580. The van der Waals surface area contributed by atoms with E-state index in [9.17, 15) is 9.59 Å². The molecule has 1 N–H and O–H groups in total. The Labute approximate surface area is 135 Å². The lowest BCUT2D eigenvalue weighted by molar-refractivity contribution is 0.0602. The third kappa shape index (κ3) is 4.57. The van der Waals surface area contributed by atoms with Crippen molar-refractivity contribution in [1.82, 2.24) is 4.90 Å². The quantitative estimate of drug-likeness (QED) is 0.863. The number of likely N-dealkylation sites (N-methyl/N-ethyl adjacent to an activating group) is 1. The van der Waals surface area contributed by atoms with Gasteiger partial charge in [0.2, 0.25) is 0 Å². The van der Waals surface area contributed by atoms with Gasteiger partial charge >= 0.3 is 12.0 Å². The molecule has 0 fully saturated rings. The number of rotatable bonds is 5. The molecule has 0 bridgehead atoms. The van der Waals surface area contributed by atoms with Gasteiger partial charge in [0.15, 0.2) is 0 Å². The second-order valence-corrected chi connectivity index (χ2v) is 5.12. The minimum absolute atomic E-state index is 0.266. The van der Waals surface area contributed by atoms with Crippen molar-refractivity contribution >= 4 is 17.7 Å². The molecule has 0 aliphatic carbocycles. The van der Waals surface area contributed by atoms with E-state index in [2.05, 4.69) is 5.32 Å². The van der Waals surface area contributed by atoms with Crippen molar-refractivity contribution in [2.24, 2.45) is 0 Å². The fourth-order valence-electron chi connectivity index (χ4n) is 2.13. The number of carbonyl (C=O) groups is 2.